The van der Waals surface area contributed by atoms with Gasteiger partial charge in [-0.3, -0.25) is 0 Å². The fourth-order valence-electron chi connectivity index (χ4n) is 2.46. The first kappa shape index (κ1) is 17.1. The Hall–Kier alpha value is -0.270. The molecule has 118 valence electrons. The molecule has 0 atom stereocenters. The van der Waals surface area contributed by atoms with Crippen LogP contribution in [0.3, 0.4) is 0 Å². The van der Waals surface area contributed by atoms with Gasteiger partial charge in [-0.2, -0.15) is 11.8 Å². The van der Waals surface area contributed by atoms with Crippen LogP contribution in [0.25, 0.3) is 0 Å². The summed E-state index contributed by atoms with van der Waals surface area (Å²) in [4.78, 5) is 0.237. The maximum atomic E-state index is 12.5. The van der Waals surface area contributed by atoms with Crippen molar-refractivity contribution >= 4 is 33.4 Å². The van der Waals surface area contributed by atoms with Gasteiger partial charge in [0.05, 0.1) is 4.90 Å². The molecule has 0 unspecified atom stereocenters. The van der Waals surface area contributed by atoms with E-state index in [0.717, 1.165) is 29.9 Å². The molecule has 21 heavy (non-hydrogen) atoms. The van der Waals surface area contributed by atoms with Gasteiger partial charge in [0, 0.05) is 18.1 Å². The lowest BCUT2D eigenvalue weighted by molar-refractivity contribution is 0.476. The SMILES string of the molecule is Cc1c(CN)cc(Cl)cc1S(=O)(=O)NCC1CCSCC1. The number of benzene rings is 1. The number of hydrogen-bond acceptors (Lipinski definition) is 4. The van der Waals surface area contributed by atoms with Crippen LogP contribution in [-0.2, 0) is 16.6 Å². The molecule has 1 aliphatic heterocycles. The van der Waals surface area contributed by atoms with Crippen molar-refractivity contribution in [2.45, 2.75) is 31.2 Å². The molecule has 0 aromatic heterocycles. The molecule has 0 amide bonds. The van der Waals surface area contributed by atoms with Crippen molar-refractivity contribution in [3.63, 3.8) is 0 Å². The van der Waals surface area contributed by atoms with Gasteiger partial charge >= 0.3 is 0 Å². The second-order valence-corrected chi connectivity index (χ2v) is 8.70. The molecule has 0 saturated carbocycles. The molecular formula is C14H21ClN2O2S2. The van der Waals surface area contributed by atoms with Crippen molar-refractivity contribution in [1.82, 2.24) is 4.72 Å². The Labute approximate surface area is 135 Å². The normalized spacial score (nSPS) is 17.1. The summed E-state index contributed by atoms with van der Waals surface area (Å²) in [7, 11) is -3.54. The van der Waals surface area contributed by atoms with Gasteiger partial charge in [0.2, 0.25) is 10.0 Å². The van der Waals surface area contributed by atoms with E-state index in [1.165, 1.54) is 6.07 Å². The van der Waals surface area contributed by atoms with Crippen LogP contribution in [0, 0.1) is 12.8 Å². The molecule has 0 bridgehead atoms. The van der Waals surface area contributed by atoms with E-state index in [9.17, 15) is 8.42 Å². The van der Waals surface area contributed by atoms with E-state index in [0.29, 0.717) is 23.0 Å². The van der Waals surface area contributed by atoms with Crippen LogP contribution in [0.15, 0.2) is 17.0 Å². The average Bonchev–Trinajstić information content (AvgIpc) is 2.48. The van der Waals surface area contributed by atoms with E-state index < -0.39 is 10.0 Å². The minimum atomic E-state index is -3.54. The fourth-order valence-corrected chi connectivity index (χ4v) is 5.39. The molecule has 4 nitrogen and oxygen atoms in total. The van der Waals surface area contributed by atoms with E-state index in [2.05, 4.69) is 4.72 Å². The molecule has 1 fully saturated rings. The van der Waals surface area contributed by atoms with Crippen LogP contribution < -0.4 is 10.5 Å². The third kappa shape index (κ3) is 4.36. The van der Waals surface area contributed by atoms with Gasteiger partial charge in [0.25, 0.3) is 0 Å². The summed E-state index contributed by atoms with van der Waals surface area (Å²) in [6.45, 7) is 2.53. The molecule has 1 saturated heterocycles. The molecule has 1 aromatic carbocycles. The Morgan fingerprint density at radius 2 is 2.05 bits per heavy atom. The average molecular weight is 349 g/mol. The minimum absolute atomic E-state index is 0.237. The van der Waals surface area contributed by atoms with Gasteiger partial charge in [-0.25, -0.2) is 13.1 Å². The van der Waals surface area contributed by atoms with Crippen LogP contribution in [0.5, 0.6) is 0 Å². The Balaban J connectivity index is 2.17. The van der Waals surface area contributed by atoms with E-state index in [1.807, 2.05) is 11.8 Å². The number of nitrogens with two attached hydrogens (primary N) is 1. The van der Waals surface area contributed by atoms with Crippen LogP contribution in [0.4, 0.5) is 0 Å². The van der Waals surface area contributed by atoms with Gasteiger partial charge in [-0.15, -0.1) is 0 Å². The molecule has 0 aliphatic carbocycles. The van der Waals surface area contributed by atoms with E-state index >= 15 is 0 Å². The molecule has 0 radical (unpaired) electrons. The third-order valence-electron chi connectivity index (χ3n) is 3.84. The third-order valence-corrected chi connectivity index (χ3v) is 6.66. The van der Waals surface area contributed by atoms with Crippen molar-refractivity contribution in [2.75, 3.05) is 18.1 Å². The van der Waals surface area contributed by atoms with Gasteiger partial charge in [0.1, 0.15) is 0 Å². The number of rotatable bonds is 5. The van der Waals surface area contributed by atoms with Gasteiger partial charge in [0.15, 0.2) is 0 Å². The summed E-state index contributed by atoms with van der Waals surface area (Å²) in [6.07, 6.45) is 2.13. The zero-order valence-electron chi connectivity index (χ0n) is 12.1. The van der Waals surface area contributed by atoms with Crippen molar-refractivity contribution in [2.24, 2.45) is 11.7 Å². The maximum Gasteiger partial charge on any atom is 0.240 e. The van der Waals surface area contributed by atoms with E-state index in [4.69, 9.17) is 17.3 Å². The molecule has 7 heteroatoms. The van der Waals surface area contributed by atoms with Crippen LogP contribution >= 0.6 is 23.4 Å². The lowest BCUT2D eigenvalue weighted by Gasteiger charge is -2.22. The highest BCUT2D eigenvalue weighted by molar-refractivity contribution is 7.99. The summed E-state index contributed by atoms with van der Waals surface area (Å²) in [5.74, 6) is 2.65. The molecule has 3 N–H and O–H groups in total. The van der Waals surface area contributed by atoms with Crippen molar-refractivity contribution in [3.8, 4) is 0 Å². The van der Waals surface area contributed by atoms with E-state index in [1.54, 1.807) is 13.0 Å². The first-order chi connectivity index (χ1) is 9.94. The van der Waals surface area contributed by atoms with E-state index in [-0.39, 0.29) is 11.4 Å². The first-order valence-electron chi connectivity index (χ1n) is 7.00. The second-order valence-electron chi connectivity index (χ2n) is 5.30. The molecule has 1 aromatic rings. The highest BCUT2D eigenvalue weighted by atomic mass is 35.5. The summed E-state index contributed by atoms with van der Waals surface area (Å²) < 4.78 is 27.7. The summed E-state index contributed by atoms with van der Waals surface area (Å²) in [5.41, 5.74) is 7.08. The highest BCUT2D eigenvalue weighted by Gasteiger charge is 2.22. The Kier molecular flexibility index (Phi) is 5.96. The van der Waals surface area contributed by atoms with Crippen LogP contribution in [0.2, 0.25) is 5.02 Å². The summed E-state index contributed by atoms with van der Waals surface area (Å²) in [5, 5.41) is 0.399. The molecule has 2 rings (SSSR count). The Bertz CT molecular complexity index is 599. The summed E-state index contributed by atoms with van der Waals surface area (Å²) in [6, 6.07) is 3.21. The Morgan fingerprint density at radius 3 is 2.67 bits per heavy atom. The monoisotopic (exact) mass is 348 g/mol. The minimum Gasteiger partial charge on any atom is -0.326 e. The number of sulfonamides is 1. The molecule has 1 heterocycles. The van der Waals surface area contributed by atoms with Crippen LogP contribution in [0.1, 0.15) is 24.0 Å². The number of thioether (sulfide) groups is 1. The topological polar surface area (TPSA) is 72.2 Å². The zero-order valence-corrected chi connectivity index (χ0v) is 14.5. The summed E-state index contributed by atoms with van der Waals surface area (Å²) >= 11 is 7.93. The number of hydrogen-bond donors (Lipinski definition) is 2. The van der Waals surface area contributed by atoms with Gasteiger partial charge in [-0.1, -0.05) is 11.6 Å². The number of halogens is 1. The van der Waals surface area contributed by atoms with Crippen molar-refractivity contribution in [3.05, 3.63) is 28.3 Å². The molecular weight excluding hydrogens is 328 g/mol. The van der Waals surface area contributed by atoms with Gasteiger partial charge in [-0.05, 0) is 60.4 Å². The standard InChI is InChI=1S/C14H21ClN2O2S2/c1-10-12(8-16)6-13(15)7-14(10)21(18,19)17-9-11-2-4-20-5-3-11/h6-7,11,17H,2-5,8-9,16H2,1H3. The molecule has 0 spiro atoms. The van der Waals surface area contributed by atoms with Crippen LogP contribution in [-0.4, -0.2) is 26.5 Å². The largest absolute Gasteiger partial charge is 0.326 e. The lowest BCUT2D eigenvalue weighted by atomic mass is 10.0. The van der Waals surface area contributed by atoms with Gasteiger partial charge < -0.3 is 5.73 Å². The molecule has 1 aliphatic rings. The Morgan fingerprint density at radius 1 is 1.38 bits per heavy atom. The highest BCUT2D eigenvalue weighted by Crippen LogP contribution is 2.26. The number of nitrogens with one attached hydrogen (secondary N) is 1. The smallest absolute Gasteiger partial charge is 0.240 e. The predicted molar refractivity (Wildman–Crippen MR) is 89.3 cm³/mol. The maximum absolute atomic E-state index is 12.5. The van der Waals surface area contributed by atoms with Crippen molar-refractivity contribution in [1.29, 1.82) is 0 Å². The fraction of sp³-hybridized carbons (Fsp3) is 0.571. The quantitative estimate of drug-likeness (QED) is 0.857. The first-order valence-corrected chi connectivity index (χ1v) is 10.0. The second kappa shape index (κ2) is 7.33. The zero-order chi connectivity index (χ0) is 15.5. The lowest BCUT2D eigenvalue weighted by Crippen LogP contribution is -2.31. The van der Waals surface area contributed by atoms with Crippen molar-refractivity contribution < 1.29 is 8.42 Å². The predicted octanol–water partition coefficient (Wildman–Crippen LogP) is 2.53.